The molecule has 8 nitrogen and oxygen atoms in total. The molecule has 8 heteroatoms. The molecule has 0 saturated heterocycles. The molecule has 0 radical (unpaired) electrons. The van der Waals surface area contributed by atoms with Gasteiger partial charge in [-0.15, -0.1) is 0 Å². The van der Waals surface area contributed by atoms with E-state index in [1.807, 2.05) is 0 Å². The van der Waals surface area contributed by atoms with Crippen LogP contribution in [0.3, 0.4) is 0 Å². The standard InChI is InChI=1S/C14H18N2O6/c1-8(17)16-11(13(21)22)14(5-3-2-4-6-14)12(20)9(15)7-10(18)19/h2-5,9,11H,6-7,15H2,1H3,(H,16,17)(H,18,19)(H,21,22)/t9-,11?,14?/m0/s1. The number of amides is 1. The Balaban J connectivity index is 3.24. The van der Waals surface area contributed by atoms with E-state index in [2.05, 4.69) is 5.32 Å². The minimum atomic E-state index is -1.61. The summed E-state index contributed by atoms with van der Waals surface area (Å²) in [6.45, 7) is 1.13. The molecule has 0 spiro atoms. The van der Waals surface area contributed by atoms with Gasteiger partial charge in [0, 0.05) is 6.92 Å². The maximum Gasteiger partial charge on any atom is 0.327 e. The second-order valence-electron chi connectivity index (χ2n) is 5.07. The molecule has 0 fully saturated rings. The number of allylic oxidation sites excluding steroid dienone is 3. The molecule has 0 heterocycles. The van der Waals surface area contributed by atoms with E-state index in [0.29, 0.717) is 0 Å². The zero-order valence-corrected chi connectivity index (χ0v) is 12.0. The summed E-state index contributed by atoms with van der Waals surface area (Å²) in [5.74, 6) is -4.02. The van der Waals surface area contributed by atoms with E-state index in [0.717, 1.165) is 6.92 Å². The van der Waals surface area contributed by atoms with Gasteiger partial charge in [0.2, 0.25) is 5.91 Å². The van der Waals surface area contributed by atoms with Crippen molar-refractivity contribution >= 4 is 23.6 Å². The van der Waals surface area contributed by atoms with Crippen molar-refractivity contribution in [1.29, 1.82) is 0 Å². The lowest BCUT2D eigenvalue weighted by Crippen LogP contribution is -2.58. The van der Waals surface area contributed by atoms with Crippen molar-refractivity contribution in [2.45, 2.75) is 31.8 Å². The molecule has 0 aromatic heterocycles. The molecule has 0 aliphatic heterocycles. The third-order valence-corrected chi connectivity index (χ3v) is 3.40. The topological polar surface area (TPSA) is 147 Å². The van der Waals surface area contributed by atoms with Gasteiger partial charge in [-0.25, -0.2) is 4.79 Å². The molecule has 0 saturated carbocycles. The van der Waals surface area contributed by atoms with Gasteiger partial charge in [0.1, 0.15) is 6.04 Å². The highest BCUT2D eigenvalue weighted by Crippen LogP contribution is 2.35. The highest BCUT2D eigenvalue weighted by Gasteiger charge is 2.49. The molecule has 1 aliphatic carbocycles. The van der Waals surface area contributed by atoms with Crippen LogP contribution in [0.15, 0.2) is 24.3 Å². The molecule has 1 aliphatic rings. The minimum Gasteiger partial charge on any atom is -0.481 e. The third kappa shape index (κ3) is 3.79. The van der Waals surface area contributed by atoms with Crippen LogP contribution in [0.25, 0.3) is 0 Å². The number of hydrogen-bond acceptors (Lipinski definition) is 5. The van der Waals surface area contributed by atoms with E-state index in [1.165, 1.54) is 12.2 Å². The Hall–Kier alpha value is -2.48. The molecule has 5 N–H and O–H groups in total. The van der Waals surface area contributed by atoms with Crippen LogP contribution in [0.2, 0.25) is 0 Å². The van der Waals surface area contributed by atoms with E-state index >= 15 is 0 Å². The Kier molecular flexibility index (Phi) is 5.58. The second kappa shape index (κ2) is 6.99. The van der Waals surface area contributed by atoms with Gasteiger partial charge < -0.3 is 21.3 Å². The monoisotopic (exact) mass is 310 g/mol. The Bertz CT molecular complexity index is 554. The Morgan fingerprint density at radius 3 is 2.32 bits per heavy atom. The summed E-state index contributed by atoms with van der Waals surface area (Å²) in [6, 6.07) is -2.90. The fraction of sp³-hybridized carbons (Fsp3) is 0.429. The SMILES string of the molecule is CC(=O)NC(C(=O)O)C1(C(=O)[C@@H](N)CC(=O)O)C=CC=CC1. The lowest BCUT2D eigenvalue weighted by Gasteiger charge is -2.36. The normalized spacial score (nSPS) is 22.6. The quantitative estimate of drug-likeness (QED) is 0.493. The van der Waals surface area contributed by atoms with Gasteiger partial charge in [-0.05, 0) is 6.42 Å². The molecule has 22 heavy (non-hydrogen) atoms. The summed E-state index contributed by atoms with van der Waals surface area (Å²) in [5, 5.41) is 20.4. The van der Waals surface area contributed by atoms with E-state index < -0.39 is 47.5 Å². The van der Waals surface area contributed by atoms with E-state index in [4.69, 9.17) is 10.8 Å². The fourth-order valence-electron chi connectivity index (χ4n) is 2.42. The van der Waals surface area contributed by atoms with Crippen LogP contribution >= 0.6 is 0 Å². The summed E-state index contributed by atoms with van der Waals surface area (Å²) < 4.78 is 0. The first-order valence-electron chi connectivity index (χ1n) is 6.56. The first-order valence-corrected chi connectivity index (χ1v) is 6.56. The number of Topliss-reactive ketones (excluding diaryl/α,β-unsaturated/α-hetero) is 1. The molecule has 1 rings (SSSR count). The van der Waals surface area contributed by atoms with Crippen molar-refractivity contribution in [1.82, 2.24) is 5.32 Å². The number of rotatable bonds is 7. The van der Waals surface area contributed by atoms with Crippen molar-refractivity contribution in [2.24, 2.45) is 11.1 Å². The Morgan fingerprint density at radius 1 is 1.27 bits per heavy atom. The zero-order chi connectivity index (χ0) is 16.9. The number of carboxylic acid groups (broad SMARTS) is 2. The average molecular weight is 310 g/mol. The highest BCUT2D eigenvalue weighted by molar-refractivity contribution is 5.99. The number of nitrogens with two attached hydrogens (primary N) is 1. The first-order chi connectivity index (χ1) is 10.2. The number of ketones is 1. The molecule has 120 valence electrons. The van der Waals surface area contributed by atoms with E-state index in [1.54, 1.807) is 12.2 Å². The van der Waals surface area contributed by atoms with Crippen molar-refractivity contribution in [3.05, 3.63) is 24.3 Å². The first kappa shape index (κ1) is 17.6. The smallest absolute Gasteiger partial charge is 0.327 e. The number of aliphatic carboxylic acids is 2. The molecular weight excluding hydrogens is 292 g/mol. The van der Waals surface area contributed by atoms with Gasteiger partial charge in [0.05, 0.1) is 17.9 Å². The van der Waals surface area contributed by atoms with Gasteiger partial charge >= 0.3 is 11.9 Å². The second-order valence-corrected chi connectivity index (χ2v) is 5.07. The molecule has 3 atom stereocenters. The van der Waals surface area contributed by atoms with E-state index in [9.17, 15) is 24.3 Å². The van der Waals surface area contributed by atoms with Crippen molar-refractivity contribution in [2.75, 3.05) is 0 Å². The zero-order valence-electron chi connectivity index (χ0n) is 12.0. The largest absolute Gasteiger partial charge is 0.481 e. The summed E-state index contributed by atoms with van der Waals surface area (Å²) in [5.41, 5.74) is 4.00. The average Bonchev–Trinajstić information content (AvgIpc) is 2.43. The van der Waals surface area contributed by atoms with Gasteiger partial charge in [-0.1, -0.05) is 24.3 Å². The predicted molar refractivity (Wildman–Crippen MR) is 75.8 cm³/mol. The summed E-state index contributed by atoms with van der Waals surface area (Å²) in [7, 11) is 0. The number of hydrogen-bond donors (Lipinski definition) is 4. The molecular formula is C14H18N2O6. The molecule has 0 aromatic rings. The van der Waals surface area contributed by atoms with E-state index in [-0.39, 0.29) is 6.42 Å². The van der Waals surface area contributed by atoms with Crippen molar-refractivity contribution < 1.29 is 29.4 Å². The van der Waals surface area contributed by atoms with Crippen LogP contribution in [-0.2, 0) is 19.2 Å². The van der Waals surface area contributed by atoms with Crippen LogP contribution in [0.1, 0.15) is 19.8 Å². The molecule has 1 amide bonds. The third-order valence-electron chi connectivity index (χ3n) is 3.40. The maximum atomic E-state index is 12.6. The van der Waals surface area contributed by atoms with Crippen LogP contribution in [0.4, 0.5) is 0 Å². The lowest BCUT2D eigenvalue weighted by atomic mass is 9.69. The van der Waals surface area contributed by atoms with Crippen LogP contribution in [0.5, 0.6) is 0 Å². The molecule has 0 aromatic carbocycles. The summed E-state index contributed by atoms with van der Waals surface area (Å²) in [4.78, 5) is 46.1. The maximum absolute atomic E-state index is 12.6. The van der Waals surface area contributed by atoms with Crippen LogP contribution in [0, 0.1) is 5.41 Å². The highest BCUT2D eigenvalue weighted by atomic mass is 16.4. The fourth-order valence-corrected chi connectivity index (χ4v) is 2.42. The Labute approximate surface area is 126 Å². The lowest BCUT2D eigenvalue weighted by molar-refractivity contribution is -0.149. The van der Waals surface area contributed by atoms with Crippen LogP contribution < -0.4 is 11.1 Å². The Morgan fingerprint density at radius 2 is 1.91 bits per heavy atom. The van der Waals surface area contributed by atoms with Gasteiger partial charge in [-0.3, -0.25) is 14.4 Å². The van der Waals surface area contributed by atoms with Crippen molar-refractivity contribution in [3.8, 4) is 0 Å². The molecule has 0 bridgehead atoms. The predicted octanol–water partition coefficient (Wildman–Crippen LogP) is -0.551. The number of carbonyl (C=O) groups excluding carboxylic acids is 2. The summed E-state index contributed by atoms with van der Waals surface area (Å²) >= 11 is 0. The van der Waals surface area contributed by atoms with Gasteiger partial charge in [0.25, 0.3) is 0 Å². The number of carbonyl (C=O) groups is 4. The minimum absolute atomic E-state index is 0.00684. The van der Waals surface area contributed by atoms with Crippen molar-refractivity contribution in [3.63, 3.8) is 0 Å². The number of carboxylic acids is 2. The number of nitrogens with one attached hydrogen (secondary N) is 1. The molecule has 2 unspecified atom stereocenters. The van der Waals surface area contributed by atoms with Gasteiger partial charge in [-0.2, -0.15) is 0 Å². The van der Waals surface area contributed by atoms with Gasteiger partial charge in [0.15, 0.2) is 5.78 Å². The van der Waals surface area contributed by atoms with Crippen LogP contribution in [-0.4, -0.2) is 45.9 Å². The summed E-state index contributed by atoms with van der Waals surface area (Å²) in [6.07, 6.45) is 5.42.